The van der Waals surface area contributed by atoms with Crippen molar-refractivity contribution in [1.29, 1.82) is 0 Å². The Hall–Kier alpha value is -2.89. The number of nitrogens with zero attached hydrogens (tertiary/aromatic N) is 3. The normalized spacial score (nSPS) is 23.0. The summed E-state index contributed by atoms with van der Waals surface area (Å²) in [5.74, 6) is 0.895. The average Bonchev–Trinajstić information content (AvgIpc) is 3.27. The Balaban J connectivity index is 1.25. The van der Waals surface area contributed by atoms with Gasteiger partial charge in [-0.15, -0.1) is 0 Å². The molecule has 1 atom stereocenters. The number of benzene rings is 3. The van der Waals surface area contributed by atoms with Crippen molar-refractivity contribution in [3.05, 3.63) is 77.9 Å². The molecule has 0 aromatic heterocycles. The molecule has 3 saturated heterocycles. The van der Waals surface area contributed by atoms with Gasteiger partial charge in [0.05, 0.1) is 6.10 Å². The predicted octanol–water partition coefficient (Wildman–Crippen LogP) is 7.53. The van der Waals surface area contributed by atoms with E-state index in [1.54, 1.807) is 0 Å². The largest absolute Gasteiger partial charge is 0.491 e. The number of ether oxygens (including phenoxy) is 1. The minimum atomic E-state index is -0.0806. The van der Waals surface area contributed by atoms with Crippen LogP contribution in [0.1, 0.15) is 87.6 Å². The lowest BCUT2D eigenvalue weighted by Crippen LogP contribution is -2.48. The lowest BCUT2D eigenvalue weighted by molar-refractivity contribution is 0.0696. The number of amides is 1. The van der Waals surface area contributed by atoms with Gasteiger partial charge in [0.15, 0.2) is 0 Å². The van der Waals surface area contributed by atoms with Crippen LogP contribution in [0.2, 0.25) is 0 Å². The van der Waals surface area contributed by atoms with Crippen molar-refractivity contribution < 1.29 is 9.53 Å². The Labute approximate surface area is 259 Å². The molecule has 3 aliphatic rings. The summed E-state index contributed by atoms with van der Waals surface area (Å²) >= 11 is 0. The molecule has 0 saturated carbocycles. The molecule has 3 fully saturated rings. The van der Waals surface area contributed by atoms with E-state index in [2.05, 4.69) is 57.2 Å². The summed E-state index contributed by atoms with van der Waals surface area (Å²) in [6.07, 6.45) is 11.2. The van der Waals surface area contributed by atoms with Gasteiger partial charge in [-0.2, -0.15) is 0 Å². The van der Waals surface area contributed by atoms with Crippen LogP contribution in [-0.4, -0.2) is 78.6 Å². The summed E-state index contributed by atoms with van der Waals surface area (Å²) < 4.78 is 5.95. The van der Waals surface area contributed by atoms with Gasteiger partial charge >= 0.3 is 0 Å². The Morgan fingerprint density at radius 2 is 1.60 bits per heavy atom. The lowest BCUT2D eigenvalue weighted by Gasteiger charge is -2.42. The van der Waals surface area contributed by atoms with Crippen molar-refractivity contribution in [2.45, 2.75) is 89.2 Å². The molecule has 0 bridgehead atoms. The van der Waals surface area contributed by atoms with Crippen LogP contribution in [0.3, 0.4) is 0 Å². The molecule has 6 rings (SSSR count). The highest BCUT2D eigenvalue weighted by Gasteiger charge is 2.39. The maximum absolute atomic E-state index is 14.1. The minimum absolute atomic E-state index is 0.0764. The topological polar surface area (TPSA) is 36.0 Å². The monoisotopic (exact) mass is 581 g/mol. The van der Waals surface area contributed by atoms with Crippen LogP contribution < -0.4 is 4.74 Å². The van der Waals surface area contributed by atoms with Crippen LogP contribution in [0.5, 0.6) is 5.75 Å². The van der Waals surface area contributed by atoms with E-state index >= 15 is 0 Å². The van der Waals surface area contributed by atoms with Gasteiger partial charge in [-0.05, 0) is 126 Å². The number of rotatable bonds is 8. The molecule has 5 nitrogen and oxygen atoms in total. The maximum atomic E-state index is 14.1. The Morgan fingerprint density at radius 1 is 0.860 bits per heavy atom. The standard InChI is InChI=1S/C38H51N3O2/c1-30(2)43-34-15-10-14-32(28-34)37(42)41-24-9-6-20-38(29-41,36-17-11-13-31-12-4-5-16-35(31)36)21-27-39-25-18-33(19-26-39)40-22-7-3-8-23-40/h4-5,10-17,28,30,33H,3,6-9,18-27,29H2,1-2H3/t38-/m1/s1. The summed E-state index contributed by atoms with van der Waals surface area (Å²) in [5, 5.41) is 2.64. The molecular formula is C38H51N3O2. The Kier molecular flexibility index (Phi) is 9.69. The number of carbonyl (C=O) groups excluding carboxylic acids is 1. The summed E-state index contributed by atoms with van der Waals surface area (Å²) in [6.45, 7) is 11.7. The average molecular weight is 582 g/mol. The molecule has 0 unspecified atom stereocenters. The molecule has 1 amide bonds. The molecule has 0 aliphatic carbocycles. The van der Waals surface area contributed by atoms with Gasteiger partial charge < -0.3 is 19.4 Å². The van der Waals surface area contributed by atoms with Crippen LogP contribution >= 0.6 is 0 Å². The number of hydrogen-bond donors (Lipinski definition) is 0. The highest BCUT2D eigenvalue weighted by molar-refractivity contribution is 5.95. The molecule has 0 N–H and O–H groups in total. The van der Waals surface area contributed by atoms with Gasteiger partial charge in [-0.25, -0.2) is 0 Å². The SMILES string of the molecule is CC(C)Oc1cccc(C(=O)N2CCCC[C@](CCN3CCC(N4CCCCC4)CC3)(c3cccc4ccccc34)C2)c1. The molecule has 3 aromatic carbocycles. The third-order valence-electron chi connectivity index (χ3n) is 10.3. The van der Waals surface area contributed by atoms with E-state index in [9.17, 15) is 4.79 Å². The Bertz CT molecular complexity index is 1350. The zero-order valence-electron chi connectivity index (χ0n) is 26.5. The zero-order valence-corrected chi connectivity index (χ0v) is 26.5. The number of fused-ring (bicyclic) bond motifs is 1. The van der Waals surface area contributed by atoms with Gasteiger partial charge in [-0.3, -0.25) is 4.79 Å². The van der Waals surface area contributed by atoms with E-state index in [0.29, 0.717) is 0 Å². The van der Waals surface area contributed by atoms with Crippen molar-refractivity contribution in [3.8, 4) is 5.75 Å². The van der Waals surface area contributed by atoms with E-state index in [4.69, 9.17) is 4.74 Å². The van der Waals surface area contributed by atoms with Gasteiger partial charge in [0, 0.05) is 30.1 Å². The van der Waals surface area contributed by atoms with Gasteiger partial charge in [0.1, 0.15) is 5.75 Å². The number of hydrogen-bond acceptors (Lipinski definition) is 4. The van der Waals surface area contributed by atoms with Gasteiger partial charge in [0.2, 0.25) is 0 Å². The third-order valence-corrected chi connectivity index (χ3v) is 10.3. The maximum Gasteiger partial charge on any atom is 0.254 e. The first-order chi connectivity index (χ1) is 21.0. The van der Waals surface area contributed by atoms with E-state index in [1.807, 2.05) is 38.1 Å². The molecule has 0 radical (unpaired) electrons. The molecule has 0 spiro atoms. The minimum Gasteiger partial charge on any atom is -0.491 e. The first kappa shape index (κ1) is 30.1. The fraction of sp³-hybridized carbons (Fsp3) is 0.553. The van der Waals surface area contributed by atoms with Crippen LogP contribution in [-0.2, 0) is 5.41 Å². The molecule has 3 aromatic rings. The second-order valence-electron chi connectivity index (χ2n) is 13.6. The van der Waals surface area contributed by atoms with Crippen LogP contribution in [0.25, 0.3) is 10.8 Å². The molecular weight excluding hydrogens is 530 g/mol. The predicted molar refractivity (Wildman–Crippen MR) is 177 cm³/mol. The summed E-state index contributed by atoms with van der Waals surface area (Å²) in [5.41, 5.74) is 2.07. The van der Waals surface area contributed by atoms with Crippen LogP contribution in [0.4, 0.5) is 0 Å². The number of piperidine rings is 2. The fourth-order valence-electron chi connectivity index (χ4n) is 8.03. The quantitative estimate of drug-likeness (QED) is 0.276. The summed E-state index contributed by atoms with van der Waals surface area (Å²) in [4.78, 5) is 21.8. The summed E-state index contributed by atoms with van der Waals surface area (Å²) in [6, 6.07) is 24.2. The number of carbonyl (C=O) groups is 1. The van der Waals surface area contributed by atoms with Gasteiger partial charge in [0.25, 0.3) is 5.91 Å². The lowest BCUT2D eigenvalue weighted by atomic mass is 9.72. The third kappa shape index (κ3) is 7.10. The van der Waals surface area contributed by atoms with Crippen molar-refractivity contribution in [2.75, 3.05) is 45.8 Å². The second-order valence-corrected chi connectivity index (χ2v) is 13.6. The molecule has 230 valence electrons. The van der Waals surface area contributed by atoms with Crippen molar-refractivity contribution in [2.24, 2.45) is 0 Å². The van der Waals surface area contributed by atoms with E-state index in [0.717, 1.165) is 62.7 Å². The van der Waals surface area contributed by atoms with Crippen LogP contribution in [0, 0.1) is 0 Å². The first-order valence-electron chi connectivity index (χ1n) is 17.0. The van der Waals surface area contributed by atoms with E-state index < -0.39 is 0 Å². The highest BCUT2D eigenvalue weighted by atomic mass is 16.5. The Morgan fingerprint density at radius 3 is 2.42 bits per heavy atom. The molecule has 3 aliphatic heterocycles. The molecule has 3 heterocycles. The second kappa shape index (κ2) is 13.8. The van der Waals surface area contributed by atoms with Crippen molar-refractivity contribution in [1.82, 2.24) is 14.7 Å². The van der Waals surface area contributed by atoms with Crippen molar-refractivity contribution in [3.63, 3.8) is 0 Å². The summed E-state index contributed by atoms with van der Waals surface area (Å²) in [7, 11) is 0. The van der Waals surface area contributed by atoms with E-state index in [-0.39, 0.29) is 17.4 Å². The van der Waals surface area contributed by atoms with Gasteiger partial charge in [-0.1, -0.05) is 61.4 Å². The fourth-order valence-corrected chi connectivity index (χ4v) is 8.03. The zero-order chi connectivity index (χ0) is 29.6. The first-order valence-corrected chi connectivity index (χ1v) is 17.0. The molecule has 5 heteroatoms. The smallest absolute Gasteiger partial charge is 0.254 e. The number of likely N-dealkylation sites (tertiary alicyclic amines) is 3. The molecule has 43 heavy (non-hydrogen) atoms. The highest BCUT2D eigenvalue weighted by Crippen LogP contribution is 2.41. The van der Waals surface area contributed by atoms with Crippen LogP contribution in [0.15, 0.2) is 66.7 Å². The van der Waals surface area contributed by atoms with Crippen molar-refractivity contribution >= 4 is 16.7 Å². The van der Waals surface area contributed by atoms with E-state index in [1.165, 1.54) is 74.6 Å².